The maximum Gasteiger partial charge on any atom is 0.253 e. The highest BCUT2D eigenvalue weighted by Gasteiger charge is 2.29. The Morgan fingerprint density at radius 3 is 2.41 bits per heavy atom. The smallest absolute Gasteiger partial charge is 0.253 e. The number of rotatable bonds is 7. The van der Waals surface area contributed by atoms with Crippen LogP contribution < -0.4 is 21.1 Å². The van der Waals surface area contributed by atoms with Crippen LogP contribution in [-0.4, -0.2) is 35.6 Å². The summed E-state index contributed by atoms with van der Waals surface area (Å²) in [6, 6.07) is 5.79. The van der Waals surface area contributed by atoms with E-state index >= 15 is 0 Å². The van der Waals surface area contributed by atoms with Crippen LogP contribution in [-0.2, 0) is 6.54 Å². The number of pyridine rings is 1. The van der Waals surface area contributed by atoms with Gasteiger partial charge in [-0.1, -0.05) is 13.8 Å². The van der Waals surface area contributed by atoms with Gasteiger partial charge >= 0.3 is 0 Å². The molecule has 2 atom stereocenters. The summed E-state index contributed by atoms with van der Waals surface area (Å²) < 4.78 is 14.8. The van der Waals surface area contributed by atoms with Crippen molar-refractivity contribution in [2.75, 3.05) is 11.4 Å². The van der Waals surface area contributed by atoms with Gasteiger partial charge in [0.15, 0.2) is 0 Å². The molecule has 0 radical (unpaired) electrons. The van der Waals surface area contributed by atoms with Gasteiger partial charge < -0.3 is 20.5 Å². The predicted octanol–water partition coefficient (Wildman–Crippen LogP) is 4.54. The van der Waals surface area contributed by atoms with Gasteiger partial charge in [0.25, 0.3) is 11.5 Å². The summed E-state index contributed by atoms with van der Waals surface area (Å²) in [7, 11) is 0. The first-order valence-electron chi connectivity index (χ1n) is 12.3. The highest BCUT2D eigenvalue weighted by molar-refractivity contribution is 5.97. The van der Waals surface area contributed by atoms with E-state index < -0.39 is 5.82 Å². The van der Waals surface area contributed by atoms with E-state index in [-0.39, 0.29) is 30.0 Å². The lowest BCUT2D eigenvalue weighted by Crippen LogP contribution is -2.51. The quantitative estimate of drug-likeness (QED) is 0.555. The van der Waals surface area contributed by atoms with Crippen LogP contribution in [0.3, 0.4) is 0 Å². The van der Waals surface area contributed by atoms with Gasteiger partial charge in [-0.25, -0.2) is 4.39 Å². The maximum atomic E-state index is 14.8. The molecule has 1 aromatic carbocycles. The number of aromatic amines is 1. The van der Waals surface area contributed by atoms with Crippen LogP contribution in [0, 0.1) is 19.7 Å². The number of carbonyl (C=O) groups excluding carboxylic acids is 1. The van der Waals surface area contributed by atoms with Crippen LogP contribution >= 0.6 is 0 Å². The first-order valence-corrected chi connectivity index (χ1v) is 12.3. The highest BCUT2D eigenvalue weighted by Crippen LogP contribution is 2.31. The first-order chi connectivity index (χ1) is 16.0. The van der Waals surface area contributed by atoms with E-state index in [1.54, 1.807) is 0 Å². The van der Waals surface area contributed by atoms with Gasteiger partial charge in [-0.15, -0.1) is 0 Å². The van der Waals surface area contributed by atoms with Gasteiger partial charge in [0.05, 0.1) is 0 Å². The number of halogens is 1. The number of benzene rings is 1. The van der Waals surface area contributed by atoms with Crippen LogP contribution in [0.25, 0.3) is 0 Å². The Bertz CT molecular complexity index is 1080. The summed E-state index contributed by atoms with van der Waals surface area (Å²) in [6.45, 7) is 15.0. The van der Waals surface area contributed by atoms with Crippen LogP contribution in [0.2, 0.25) is 0 Å². The van der Waals surface area contributed by atoms with E-state index in [0.29, 0.717) is 23.2 Å². The zero-order valence-electron chi connectivity index (χ0n) is 21.5. The van der Waals surface area contributed by atoms with E-state index in [2.05, 4.69) is 41.3 Å². The molecule has 186 valence electrons. The van der Waals surface area contributed by atoms with Crippen LogP contribution in [0.1, 0.15) is 86.1 Å². The highest BCUT2D eigenvalue weighted by atomic mass is 19.1. The van der Waals surface area contributed by atoms with Crippen molar-refractivity contribution < 1.29 is 9.18 Å². The minimum Gasteiger partial charge on any atom is -0.368 e. The molecule has 0 unspecified atom stereocenters. The second kappa shape index (κ2) is 10.7. The number of aromatic nitrogens is 1. The average molecular weight is 471 g/mol. The van der Waals surface area contributed by atoms with Crippen molar-refractivity contribution in [3.05, 3.63) is 62.3 Å². The number of amides is 1. The second-order valence-electron chi connectivity index (χ2n) is 10.0. The van der Waals surface area contributed by atoms with Gasteiger partial charge in [-0.05, 0) is 82.7 Å². The fourth-order valence-electron chi connectivity index (χ4n) is 5.32. The molecule has 7 heteroatoms. The Morgan fingerprint density at radius 1 is 1.18 bits per heavy atom. The summed E-state index contributed by atoms with van der Waals surface area (Å²) in [5.41, 5.74) is 3.85. The number of anilines is 1. The van der Waals surface area contributed by atoms with Crippen LogP contribution in [0.15, 0.2) is 23.0 Å². The number of hydrogen-bond donors (Lipinski definition) is 3. The molecule has 0 aliphatic carbocycles. The third-order valence-electron chi connectivity index (χ3n) is 6.85. The topological polar surface area (TPSA) is 77.2 Å². The molecule has 0 saturated carbocycles. The molecule has 3 N–H and O–H groups in total. The number of piperidine rings is 1. The Morgan fingerprint density at radius 2 is 1.82 bits per heavy atom. The van der Waals surface area contributed by atoms with Gasteiger partial charge in [-0.3, -0.25) is 9.59 Å². The van der Waals surface area contributed by atoms with Crippen molar-refractivity contribution in [3.8, 4) is 0 Å². The van der Waals surface area contributed by atoms with E-state index in [1.807, 2.05) is 33.8 Å². The zero-order valence-corrected chi connectivity index (χ0v) is 21.5. The standard InChI is InChI=1S/C27H39FN4O2/c1-8-32(21-9-16(4)30-17(5)10-21)25-13-20(28)12-23(19(25)7)26(33)29-14-24-22(15(2)3)11-18(6)31-27(24)34/h11-13,15-17,21,30H,8-10,14H2,1-7H3,(H,29,33)(H,31,34)/t16-,17-/m1/s1. The van der Waals surface area contributed by atoms with Crippen LogP contribution in [0.4, 0.5) is 10.1 Å². The molecule has 6 nitrogen and oxygen atoms in total. The SMILES string of the molecule is CCN(c1cc(F)cc(C(=O)NCc2c(C(C)C)cc(C)[nH]c2=O)c1C)C1C[C@@H](C)N[C@H](C)C1. The maximum absolute atomic E-state index is 14.8. The molecule has 2 heterocycles. The summed E-state index contributed by atoms with van der Waals surface area (Å²) in [5, 5.41) is 6.42. The molecule has 2 aromatic rings. The predicted molar refractivity (Wildman–Crippen MR) is 136 cm³/mol. The van der Waals surface area contributed by atoms with Crippen molar-refractivity contribution in [2.45, 2.75) is 91.9 Å². The lowest BCUT2D eigenvalue weighted by atomic mass is 9.92. The average Bonchev–Trinajstić information content (AvgIpc) is 2.74. The van der Waals surface area contributed by atoms with Gasteiger partial charge in [0, 0.05) is 53.7 Å². The fraction of sp³-hybridized carbons (Fsp3) is 0.556. The molecule has 34 heavy (non-hydrogen) atoms. The second-order valence-corrected chi connectivity index (χ2v) is 10.0. The van der Waals surface area contributed by atoms with Gasteiger partial charge in [-0.2, -0.15) is 0 Å². The van der Waals surface area contributed by atoms with E-state index in [9.17, 15) is 14.0 Å². The molecule has 1 aliphatic heterocycles. The Balaban J connectivity index is 1.89. The minimum absolute atomic E-state index is 0.0913. The monoisotopic (exact) mass is 470 g/mol. The van der Waals surface area contributed by atoms with Crippen molar-refractivity contribution in [2.24, 2.45) is 0 Å². The minimum atomic E-state index is -0.435. The summed E-state index contributed by atoms with van der Waals surface area (Å²) in [6.07, 6.45) is 1.92. The number of H-pyrrole nitrogens is 1. The molecule has 1 fully saturated rings. The van der Waals surface area contributed by atoms with Gasteiger partial charge in [0.1, 0.15) is 5.82 Å². The Hall–Kier alpha value is -2.67. The fourth-order valence-corrected chi connectivity index (χ4v) is 5.32. The summed E-state index contributed by atoms with van der Waals surface area (Å²) in [5.74, 6) is -0.672. The first kappa shape index (κ1) is 25.9. The molecule has 1 aliphatic rings. The Labute approximate surface area is 202 Å². The lowest BCUT2D eigenvalue weighted by Gasteiger charge is -2.41. The molecule has 1 amide bonds. The molecule has 1 aromatic heterocycles. The molecular formula is C27H39FN4O2. The third kappa shape index (κ3) is 5.69. The third-order valence-corrected chi connectivity index (χ3v) is 6.85. The number of carbonyl (C=O) groups is 1. The lowest BCUT2D eigenvalue weighted by molar-refractivity contribution is 0.0949. The molecule has 0 bridgehead atoms. The summed E-state index contributed by atoms with van der Waals surface area (Å²) in [4.78, 5) is 30.8. The number of nitrogens with one attached hydrogen (secondary N) is 3. The molecular weight excluding hydrogens is 431 g/mol. The largest absolute Gasteiger partial charge is 0.368 e. The van der Waals surface area contributed by atoms with Crippen molar-refractivity contribution in [3.63, 3.8) is 0 Å². The number of nitrogens with zero attached hydrogens (tertiary/aromatic N) is 1. The normalized spacial score (nSPS) is 20.4. The van der Waals surface area contributed by atoms with Crippen molar-refractivity contribution in [1.29, 1.82) is 0 Å². The van der Waals surface area contributed by atoms with E-state index in [4.69, 9.17) is 0 Å². The van der Waals surface area contributed by atoms with Crippen LogP contribution in [0.5, 0.6) is 0 Å². The van der Waals surface area contributed by atoms with Gasteiger partial charge in [0.2, 0.25) is 0 Å². The van der Waals surface area contributed by atoms with Crippen molar-refractivity contribution in [1.82, 2.24) is 15.6 Å². The van der Waals surface area contributed by atoms with E-state index in [0.717, 1.165) is 41.9 Å². The summed E-state index contributed by atoms with van der Waals surface area (Å²) >= 11 is 0. The molecule has 0 spiro atoms. The number of aryl methyl sites for hydroxylation is 1. The molecule has 1 saturated heterocycles. The van der Waals surface area contributed by atoms with E-state index in [1.165, 1.54) is 12.1 Å². The zero-order chi connectivity index (χ0) is 25.2. The molecule has 3 rings (SSSR count). The van der Waals surface area contributed by atoms with Crippen molar-refractivity contribution >= 4 is 11.6 Å². The number of hydrogen-bond acceptors (Lipinski definition) is 4. The Kier molecular flexibility index (Phi) is 8.18.